The Morgan fingerprint density at radius 1 is 1.30 bits per heavy atom. The van der Waals surface area contributed by atoms with E-state index in [4.69, 9.17) is 4.74 Å². The van der Waals surface area contributed by atoms with Crippen LogP contribution >= 0.6 is 0 Å². The Morgan fingerprint density at radius 3 is 2.74 bits per heavy atom. The first-order chi connectivity index (χ1) is 13.0. The van der Waals surface area contributed by atoms with Crippen LogP contribution in [0.25, 0.3) is 0 Å². The maximum Gasteiger partial charge on any atom is 0.341 e. The number of nitrogens with one attached hydrogen (secondary N) is 1. The van der Waals surface area contributed by atoms with Crippen molar-refractivity contribution in [1.29, 1.82) is 0 Å². The molecule has 0 saturated heterocycles. The number of methoxy groups -OCH3 is 1. The molecule has 3 heterocycles. The van der Waals surface area contributed by atoms with Gasteiger partial charge in [-0.15, -0.1) is 0 Å². The summed E-state index contributed by atoms with van der Waals surface area (Å²) in [7, 11) is 1.37. The maximum absolute atomic E-state index is 12.8. The van der Waals surface area contributed by atoms with Crippen LogP contribution in [0.5, 0.6) is 0 Å². The van der Waals surface area contributed by atoms with Crippen molar-refractivity contribution < 1.29 is 14.3 Å². The van der Waals surface area contributed by atoms with Gasteiger partial charge in [0.2, 0.25) is 0 Å². The minimum atomic E-state index is -0.399. The highest BCUT2D eigenvalue weighted by molar-refractivity contribution is 5.96. The fourth-order valence-electron chi connectivity index (χ4n) is 3.47. The van der Waals surface area contributed by atoms with E-state index in [2.05, 4.69) is 15.5 Å². The van der Waals surface area contributed by atoms with Crippen molar-refractivity contribution in [1.82, 2.24) is 24.9 Å². The molecule has 0 unspecified atom stereocenters. The predicted molar refractivity (Wildman–Crippen MR) is 99.7 cm³/mol. The molecule has 8 nitrogen and oxygen atoms in total. The molecule has 0 fully saturated rings. The standard InChI is InChI=1S/C19H27N5O3/c1-5-23-11-13(17(22-23)12(2)3)18(25)20-10-14-16(19(26)27-4)15-8-6-7-9-24(15)21-14/h11-12H,5-10H2,1-4H3,(H,20,25). The Morgan fingerprint density at radius 2 is 2.07 bits per heavy atom. The van der Waals surface area contributed by atoms with Crippen molar-refractivity contribution in [2.24, 2.45) is 0 Å². The summed E-state index contributed by atoms with van der Waals surface area (Å²) < 4.78 is 8.57. The lowest BCUT2D eigenvalue weighted by atomic mass is 10.0. The van der Waals surface area contributed by atoms with Gasteiger partial charge in [0.05, 0.1) is 36.3 Å². The molecule has 2 aromatic rings. The van der Waals surface area contributed by atoms with E-state index in [9.17, 15) is 9.59 Å². The van der Waals surface area contributed by atoms with Gasteiger partial charge in [0, 0.05) is 19.3 Å². The molecule has 0 atom stereocenters. The molecule has 0 aliphatic carbocycles. The molecule has 27 heavy (non-hydrogen) atoms. The van der Waals surface area contributed by atoms with E-state index in [0.717, 1.165) is 37.2 Å². The molecule has 146 valence electrons. The Bertz CT molecular complexity index is 850. The zero-order valence-electron chi connectivity index (χ0n) is 16.4. The van der Waals surface area contributed by atoms with Crippen molar-refractivity contribution in [2.75, 3.05) is 7.11 Å². The van der Waals surface area contributed by atoms with Crippen LogP contribution in [-0.2, 0) is 30.8 Å². The summed E-state index contributed by atoms with van der Waals surface area (Å²) in [5, 5.41) is 11.9. The Balaban J connectivity index is 1.83. The van der Waals surface area contributed by atoms with Gasteiger partial charge in [0.1, 0.15) is 5.56 Å². The van der Waals surface area contributed by atoms with E-state index in [0.29, 0.717) is 23.4 Å². The third-order valence-electron chi connectivity index (χ3n) is 4.88. The highest BCUT2D eigenvalue weighted by Gasteiger charge is 2.26. The number of aryl methyl sites for hydroxylation is 2. The summed E-state index contributed by atoms with van der Waals surface area (Å²) in [4.78, 5) is 25.0. The van der Waals surface area contributed by atoms with Crippen LogP contribution in [0.2, 0.25) is 0 Å². The number of fused-ring (bicyclic) bond motifs is 1. The fraction of sp³-hybridized carbons (Fsp3) is 0.579. The molecule has 1 aliphatic rings. The van der Waals surface area contributed by atoms with Crippen LogP contribution < -0.4 is 5.32 Å². The molecule has 1 N–H and O–H groups in total. The van der Waals surface area contributed by atoms with Crippen LogP contribution in [-0.4, -0.2) is 38.5 Å². The predicted octanol–water partition coefficient (Wildman–Crippen LogP) is 2.28. The van der Waals surface area contributed by atoms with E-state index in [1.165, 1.54) is 7.11 Å². The van der Waals surface area contributed by atoms with Crippen molar-refractivity contribution >= 4 is 11.9 Å². The van der Waals surface area contributed by atoms with Gasteiger partial charge in [0.15, 0.2) is 0 Å². The summed E-state index contributed by atoms with van der Waals surface area (Å²) >= 11 is 0. The lowest BCUT2D eigenvalue weighted by molar-refractivity contribution is 0.0597. The second-order valence-electron chi connectivity index (χ2n) is 7.06. The molecule has 1 amide bonds. The molecule has 3 rings (SSSR count). The number of esters is 1. The molecule has 0 spiro atoms. The van der Waals surface area contributed by atoms with Gasteiger partial charge < -0.3 is 10.1 Å². The Kier molecular flexibility index (Phi) is 5.62. The summed E-state index contributed by atoms with van der Waals surface area (Å²) in [6, 6.07) is 0. The molecule has 8 heteroatoms. The van der Waals surface area contributed by atoms with Crippen LogP contribution in [0, 0.1) is 0 Å². The molecular formula is C19H27N5O3. The highest BCUT2D eigenvalue weighted by Crippen LogP contribution is 2.23. The quantitative estimate of drug-likeness (QED) is 0.785. The summed E-state index contributed by atoms with van der Waals surface area (Å²) in [5.74, 6) is -0.464. The monoisotopic (exact) mass is 373 g/mol. The van der Waals surface area contributed by atoms with Crippen LogP contribution in [0.3, 0.4) is 0 Å². The smallest absolute Gasteiger partial charge is 0.341 e. The van der Waals surface area contributed by atoms with Crippen LogP contribution in [0.1, 0.15) is 77.3 Å². The Labute approximate surface area is 158 Å². The number of carbonyl (C=O) groups excluding carboxylic acids is 2. The first kappa shape index (κ1) is 19.1. The van der Waals surface area contributed by atoms with Gasteiger partial charge in [-0.3, -0.25) is 14.2 Å². The van der Waals surface area contributed by atoms with E-state index in [-0.39, 0.29) is 18.4 Å². The van der Waals surface area contributed by atoms with Gasteiger partial charge >= 0.3 is 5.97 Å². The molecule has 0 bridgehead atoms. The van der Waals surface area contributed by atoms with Crippen molar-refractivity contribution in [3.05, 3.63) is 34.4 Å². The number of nitrogens with zero attached hydrogens (tertiary/aromatic N) is 4. The molecule has 0 aromatic carbocycles. The summed E-state index contributed by atoms with van der Waals surface area (Å²) in [6.07, 6.45) is 4.63. The second kappa shape index (κ2) is 7.94. The largest absolute Gasteiger partial charge is 0.465 e. The average Bonchev–Trinajstić information content (AvgIpc) is 3.27. The zero-order valence-corrected chi connectivity index (χ0v) is 16.4. The number of ether oxygens (including phenoxy) is 1. The normalized spacial score (nSPS) is 13.5. The topological polar surface area (TPSA) is 91.0 Å². The fourth-order valence-corrected chi connectivity index (χ4v) is 3.47. The number of rotatable bonds is 6. The minimum Gasteiger partial charge on any atom is -0.465 e. The van der Waals surface area contributed by atoms with Gasteiger partial charge in [-0.2, -0.15) is 10.2 Å². The Hall–Kier alpha value is -2.64. The average molecular weight is 373 g/mol. The lowest BCUT2D eigenvalue weighted by Gasteiger charge is -2.13. The van der Waals surface area contributed by atoms with E-state index in [1.807, 2.05) is 25.5 Å². The number of hydrogen-bond donors (Lipinski definition) is 1. The van der Waals surface area contributed by atoms with Gasteiger partial charge in [-0.1, -0.05) is 13.8 Å². The third-order valence-corrected chi connectivity index (χ3v) is 4.88. The van der Waals surface area contributed by atoms with Crippen molar-refractivity contribution in [2.45, 2.75) is 65.6 Å². The molecular weight excluding hydrogens is 346 g/mol. The molecule has 1 aliphatic heterocycles. The van der Waals surface area contributed by atoms with Crippen molar-refractivity contribution in [3.63, 3.8) is 0 Å². The second-order valence-corrected chi connectivity index (χ2v) is 7.06. The summed E-state index contributed by atoms with van der Waals surface area (Å²) in [5.41, 5.74) is 3.29. The molecule has 0 radical (unpaired) electrons. The third kappa shape index (κ3) is 3.74. The van der Waals surface area contributed by atoms with E-state index in [1.54, 1.807) is 10.9 Å². The summed E-state index contributed by atoms with van der Waals surface area (Å²) in [6.45, 7) is 7.67. The zero-order chi connectivity index (χ0) is 19.6. The van der Waals surface area contributed by atoms with Gasteiger partial charge in [0.25, 0.3) is 5.91 Å². The van der Waals surface area contributed by atoms with Crippen molar-refractivity contribution in [3.8, 4) is 0 Å². The number of amides is 1. The van der Waals surface area contributed by atoms with E-state index < -0.39 is 5.97 Å². The first-order valence-corrected chi connectivity index (χ1v) is 9.48. The maximum atomic E-state index is 12.8. The van der Waals surface area contributed by atoms with Crippen LogP contribution in [0.15, 0.2) is 6.20 Å². The number of aromatic nitrogens is 4. The SMILES string of the molecule is CCn1cc(C(=O)NCc2nn3c(c2C(=O)OC)CCCC3)c(C(C)C)n1. The number of hydrogen-bond acceptors (Lipinski definition) is 5. The van der Waals surface area contributed by atoms with Gasteiger partial charge in [-0.25, -0.2) is 4.79 Å². The lowest BCUT2D eigenvalue weighted by Crippen LogP contribution is -2.25. The minimum absolute atomic E-state index is 0.143. The molecule has 2 aromatic heterocycles. The highest BCUT2D eigenvalue weighted by atomic mass is 16.5. The van der Waals surface area contributed by atoms with Gasteiger partial charge in [-0.05, 0) is 32.1 Å². The van der Waals surface area contributed by atoms with Crippen LogP contribution in [0.4, 0.5) is 0 Å². The van der Waals surface area contributed by atoms with E-state index >= 15 is 0 Å². The first-order valence-electron chi connectivity index (χ1n) is 9.48. The molecule has 0 saturated carbocycles. The number of carbonyl (C=O) groups is 2.